The fourth-order valence-corrected chi connectivity index (χ4v) is 20.2. The second kappa shape index (κ2) is 23.5. The predicted molar refractivity (Wildman–Crippen MR) is 479 cm³/mol. The second-order valence-electron chi connectivity index (χ2n) is 30.6. The van der Waals surface area contributed by atoms with E-state index in [-0.39, 0.29) is 0 Å². The molecule has 0 atom stereocenters. The summed E-state index contributed by atoms with van der Waals surface area (Å²) in [5.74, 6) is 0. The molecule has 27 aromatic rings. The van der Waals surface area contributed by atoms with E-state index in [2.05, 4.69) is 364 Å². The fraction of sp³-hybridized carbons (Fsp3) is 0.0286. The van der Waals surface area contributed by atoms with Crippen LogP contribution >= 0.6 is 0 Å². The first-order chi connectivity index (χ1) is 56.4. The normalized spacial score (nSPS) is 12.3. The van der Waals surface area contributed by atoms with E-state index in [1.165, 1.54) is 163 Å². The number of furan rings is 3. The Kier molecular flexibility index (Phi) is 12.9. The third-order valence-corrected chi connectivity index (χ3v) is 24.9. The summed E-state index contributed by atoms with van der Waals surface area (Å²) in [6.45, 7) is 0. The van der Waals surface area contributed by atoms with Crippen LogP contribution in [0, 0.1) is 0 Å². The average molecular weight is 1460 g/mol. The molecule has 0 N–H and O–H groups in total. The molecule has 114 heavy (non-hydrogen) atoms. The number of fused-ring (bicyclic) bond motifs is 39. The van der Waals surface area contributed by atoms with Crippen LogP contribution in [0.5, 0.6) is 0 Å². The summed E-state index contributed by atoms with van der Waals surface area (Å²) in [5, 5.41) is 29.9. The van der Waals surface area contributed by atoms with Gasteiger partial charge in [-0.2, -0.15) is 0 Å². The Labute approximate surface area is 649 Å². The van der Waals surface area contributed by atoms with E-state index in [1.807, 2.05) is 30.3 Å². The first kappa shape index (κ1) is 62.8. The van der Waals surface area contributed by atoms with E-state index in [4.69, 9.17) is 13.3 Å². The van der Waals surface area contributed by atoms with E-state index >= 15 is 0 Å². The Hall–Kier alpha value is -15.1. The first-order valence-electron chi connectivity index (χ1n) is 39.1. The van der Waals surface area contributed by atoms with Gasteiger partial charge in [-0.05, 0) is 91.0 Å². The quantitative estimate of drug-likeness (QED) is 0.177. The van der Waals surface area contributed by atoms with Gasteiger partial charge >= 0.3 is 0 Å². The molecular weight excluding hydrogens is 1390 g/mol. The smallest absolute Gasteiger partial charge is 0.159 e. The predicted octanol–water partition coefficient (Wildman–Crippen LogP) is 28.4. The molecule has 18 aromatic carbocycles. The average Bonchev–Trinajstić information content (AvgIpc) is 1.54. The Balaban J connectivity index is 0.0000000964. The largest absolute Gasteiger partial charge is 0.456 e. The first-order valence-corrected chi connectivity index (χ1v) is 39.1. The third kappa shape index (κ3) is 8.45. The van der Waals surface area contributed by atoms with Gasteiger partial charge in [0.1, 0.15) is 27.9 Å². The van der Waals surface area contributed by atoms with E-state index in [0.29, 0.717) is 0 Å². The van der Waals surface area contributed by atoms with Gasteiger partial charge in [-0.1, -0.05) is 249 Å². The number of benzene rings is 18. The number of nitrogens with zero attached hydrogens (tertiary/aromatic N) is 6. The van der Waals surface area contributed by atoms with Gasteiger partial charge in [-0.15, -0.1) is 0 Å². The topological polar surface area (TPSA) is 69.0 Å². The monoisotopic (exact) mass is 1460 g/mol. The molecule has 0 unspecified atom stereocenters. The van der Waals surface area contributed by atoms with Crippen LogP contribution in [0.2, 0.25) is 0 Å². The maximum Gasteiger partial charge on any atom is 0.159 e. The molecule has 0 fully saturated rings. The van der Waals surface area contributed by atoms with E-state index < -0.39 is 0 Å². The maximum absolute atomic E-state index is 6.55. The zero-order valence-corrected chi connectivity index (χ0v) is 62.3. The number of aryl methyl sites for hydroxylation is 3. The molecule has 9 aromatic heterocycles. The molecule has 9 heterocycles. The van der Waals surface area contributed by atoms with E-state index in [0.717, 1.165) is 82.9 Å². The highest BCUT2D eigenvalue weighted by Gasteiger charge is 2.29. The number of rotatable bonds is 3. The Morgan fingerprint density at radius 1 is 0.175 bits per heavy atom. The molecule has 0 amide bonds. The van der Waals surface area contributed by atoms with Gasteiger partial charge in [0.2, 0.25) is 0 Å². The zero-order valence-electron chi connectivity index (χ0n) is 62.3. The van der Waals surface area contributed by atoms with Crippen molar-refractivity contribution in [3.8, 4) is 17.1 Å². The third-order valence-electron chi connectivity index (χ3n) is 24.9. The van der Waals surface area contributed by atoms with Crippen molar-refractivity contribution in [1.29, 1.82) is 0 Å². The lowest BCUT2D eigenvalue weighted by molar-refractivity contribution is 0.666. The minimum Gasteiger partial charge on any atom is -0.456 e. The van der Waals surface area contributed by atoms with E-state index in [1.54, 1.807) is 0 Å². The summed E-state index contributed by atoms with van der Waals surface area (Å²) in [6.07, 6.45) is 0. The highest BCUT2D eigenvalue weighted by molar-refractivity contribution is 6.40. The SMILES string of the molecule is Cn1c2ccccc2c2c3c4ccccc4n(-c4ccc5c(c4)oc4ccccc45)c3c3ccccc3c21.Cn1c2ccccc2c2c3c4ccccc4n(-c4ccc5oc6ccccc6c5c4)c3c3ccccc3c21.Cn1c2ccccc2c2c3c4ccccc4n(-c4cccc5c4oc4ccccc45)c3c3ccccc3c21. The van der Waals surface area contributed by atoms with Gasteiger partial charge in [0, 0.05) is 184 Å². The molecule has 0 radical (unpaired) electrons. The van der Waals surface area contributed by atoms with Crippen molar-refractivity contribution < 1.29 is 13.3 Å². The maximum atomic E-state index is 6.55. The Morgan fingerprint density at radius 2 is 0.447 bits per heavy atom. The molecule has 27 rings (SSSR count). The van der Waals surface area contributed by atoms with Crippen LogP contribution in [0.15, 0.2) is 359 Å². The number of para-hydroxylation sites is 10. The van der Waals surface area contributed by atoms with Gasteiger partial charge in [-0.25, -0.2) is 0 Å². The summed E-state index contributed by atoms with van der Waals surface area (Å²) >= 11 is 0. The van der Waals surface area contributed by atoms with Crippen molar-refractivity contribution in [3.63, 3.8) is 0 Å². The van der Waals surface area contributed by atoms with Crippen LogP contribution in [-0.4, -0.2) is 27.4 Å². The molecule has 0 aliphatic heterocycles. The number of hydrogen-bond acceptors (Lipinski definition) is 3. The summed E-state index contributed by atoms with van der Waals surface area (Å²) in [5.41, 5.74) is 23.7. The minimum absolute atomic E-state index is 0.908. The van der Waals surface area contributed by atoms with Crippen molar-refractivity contribution in [2.75, 3.05) is 0 Å². The van der Waals surface area contributed by atoms with Gasteiger partial charge in [0.15, 0.2) is 5.58 Å². The lowest BCUT2D eigenvalue weighted by atomic mass is 9.99. The molecule has 9 heteroatoms. The fourth-order valence-electron chi connectivity index (χ4n) is 20.2. The number of aromatic nitrogens is 6. The van der Waals surface area contributed by atoms with E-state index in [9.17, 15) is 0 Å². The molecule has 0 aliphatic rings. The molecule has 0 saturated carbocycles. The zero-order chi connectivity index (χ0) is 74.9. The van der Waals surface area contributed by atoms with Crippen LogP contribution in [0.1, 0.15) is 0 Å². The molecule has 0 aliphatic carbocycles. The van der Waals surface area contributed by atoms with Crippen LogP contribution < -0.4 is 0 Å². The minimum atomic E-state index is 0.908. The highest BCUT2D eigenvalue weighted by atomic mass is 16.3. The van der Waals surface area contributed by atoms with Crippen molar-refractivity contribution >= 4 is 229 Å². The van der Waals surface area contributed by atoms with Gasteiger partial charge in [0.25, 0.3) is 0 Å². The lowest BCUT2D eigenvalue weighted by Crippen LogP contribution is -1.96. The summed E-state index contributed by atoms with van der Waals surface area (Å²) in [4.78, 5) is 0. The van der Waals surface area contributed by atoms with Crippen molar-refractivity contribution in [1.82, 2.24) is 27.4 Å². The lowest BCUT2D eigenvalue weighted by Gasteiger charge is -2.12. The molecule has 9 nitrogen and oxygen atoms in total. The molecular formula is C105H66N6O3. The van der Waals surface area contributed by atoms with Crippen LogP contribution in [-0.2, 0) is 21.1 Å². The Bertz CT molecular complexity index is 8860. The molecule has 0 saturated heterocycles. The van der Waals surface area contributed by atoms with Crippen LogP contribution in [0.4, 0.5) is 0 Å². The van der Waals surface area contributed by atoms with Gasteiger partial charge in [-0.3, -0.25) is 0 Å². The van der Waals surface area contributed by atoms with Gasteiger partial charge in [0.05, 0.1) is 55.3 Å². The second-order valence-corrected chi connectivity index (χ2v) is 30.6. The van der Waals surface area contributed by atoms with Crippen molar-refractivity contribution in [2.24, 2.45) is 21.1 Å². The molecule has 534 valence electrons. The highest BCUT2D eigenvalue weighted by Crippen LogP contribution is 2.51. The molecule has 0 spiro atoms. The molecule has 0 bridgehead atoms. The number of hydrogen-bond donors (Lipinski definition) is 0. The standard InChI is InChI=1S/3C35H22N2O/c1-36-27-17-7-4-14-25(27)31-32-26-15-5-8-18-28(26)37(34(32)23-13-3-2-12-22(23)33(31)36)29-19-10-16-24-21-11-6-9-20-30(21)38-35(24)29;1-36-28-15-7-4-13-26(28)32-33-27-14-5-8-16-29(27)37(35(33)25-12-3-2-11-24(25)34(32)36)21-18-19-23-22-10-6-9-17-30(22)38-31(23)20-21;1-36-28-15-7-4-13-25(28)32-33-26-14-5-8-16-29(26)37(35(33)24-12-3-2-11-23(24)34(32)36)21-18-19-31-27(20-21)22-10-6-9-17-30(22)38-31/h3*2-20H,1H3. The summed E-state index contributed by atoms with van der Waals surface area (Å²) in [7, 11) is 6.58. The van der Waals surface area contributed by atoms with Crippen LogP contribution in [0.25, 0.3) is 246 Å². The van der Waals surface area contributed by atoms with Crippen molar-refractivity contribution in [3.05, 3.63) is 346 Å². The van der Waals surface area contributed by atoms with Crippen molar-refractivity contribution in [2.45, 2.75) is 0 Å². The summed E-state index contributed by atoms with van der Waals surface area (Å²) in [6, 6.07) is 124. The Morgan fingerprint density at radius 3 is 0.886 bits per heavy atom. The van der Waals surface area contributed by atoms with Crippen LogP contribution in [0.3, 0.4) is 0 Å². The summed E-state index contributed by atoms with van der Waals surface area (Å²) < 4.78 is 33.4. The van der Waals surface area contributed by atoms with Gasteiger partial charge < -0.3 is 40.7 Å².